The molecule has 0 saturated carbocycles. The van der Waals surface area contributed by atoms with Gasteiger partial charge >= 0.3 is 0 Å². The number of anilines is 1. The minimum absolute atomic E-state index is 0. The number of carbonyl (C=O) groups is 1. The maximum atomic E-state index is 13.6. The first-order valence-electron chi connectivity index (χ1n) is 10.0. The van der Waals surface area contributed by atoms with Gasteiger partial charge in [-0.05, 0) is 52.1 Å². The van der Waals surface area contributed by atoms with Crippen LogP contribution in [-0.4, -0.2) is 51.8 Å². The van der Waals surface area contributed by atoms with E-state index in [1.165, 1.54) is 11.3 Å². The van der Waals surface area contributed by atoms with E-state index >= 15 is 0 Å². The molecule has 0 radical (unpaired) electrons. The standard InChI is InChI=1S/C21H28ClN5OS.ClH/c1-6-25(7-2)11-12-26(20(28)17-13-15(5)24-27(17)14(3)4)21-23-19-16(22)9-8-10-18(19)29-21;/h8-10,13-14H,6-7,11-12H2,1-5H3;1H. The first-order chi connectivity index (χ1) is 13.8. The number of para-hydroxylation sites is 1. The predicted octanol–water partition coefficient (Wildman–Crippen LogP) is 5.45. The van der Waals surface area contributed by atoms with Crippen LogP contribution in [-0.2, 0) is 0 Å². The van der Waals surface area contributed by atoms with Crippen LogP contribution in [0.15, 0.2) is 24.3 Å². The lowest BCUT2D eigenvalue weighted by Gasteiger charge is -2.25. The van der Waals surface area contributed by atoms with Gasteiger partial charge in [0.05, 0.1) is 15.4 Å². The van der Waals surface area contributed by atoms with Crippen LogP contribution in [0.4, 0.5) is 5.13 Å². The van der Waals surface area contributed by atoms with E-state index in [0.29, 0.717) is 22.4 Å². The summed E-state index contributed by atoms with van der Waals surface area (Å²) >= 11 is 7.82. The molecule has 9 heteroatoms. The van der Waals surface area contributed by atoms with Crippen molar-refractivity contribution in [3.63, 3.8) is 0 Å². The molecule has 0 N–H and O–H groups in total. The molecule has 3 rings (SSSR count). The number of carbonyl (C=O) groups excluding carboxylic acids is 1. The van der Waals surface area contributed by atoms with E-state index in [1.807, 2.05) is 45.0 Å². The zero-order valence-electron chi connectivity index (χ0n) is 18.1. The van der Waals surface area contributed by atoms with Crippen LogP contribution in [0.1, 0.15) is 49.9 Å². The third-order valence-corrected chi connectivity index (χ3v) is 6.28. The van der Waals surface area contributed by atoms with Gasteiger partial charge in [-0.15, -0.1) is 12.4 Å². The highest BCUT2D eigenvalue weighted by molar-refractivity contribution is 7.22. The molecule has 0 bridgehead atoms. The van der Waals surface area contributed by atoms with E-state index in [9.17, 15) is 4.79 Å². The summed E-state index contributed by atoms with van der Waals surface area (Å²) in [5, 5.41) is 5.78. The number of thiazole rings is 1. The van der Waals surface area contributed by atoms with Crippen LogP contribution >= 0.6 is 35.3 Å². The number of hydrogen-bond acceptors (Lipinski definition) is 5. The molecule has 0 aliphatic rings. The summed E-state index contributed by atoms with van der Waals surface area (Å²) in [6.45, 7) is 13.4. The smallest absolute Gasteiger partial charge is 0.278 e. The SMILES string of the molecule is CCN(CC)CCN(C(=O)c1cc(C)nn1C(C)C)c1nc2c(Cl)cccc2s1.Cl. The van der Waals surface area contributed by atoms with Crippen molar-refractivity contribution in [2.75, 3.05) is 31.1 Å². The van der Waals surface area contributed by atoms with Gasteiger partial charge in [-0.3, -0.25) is 14.4 Å². The zero-order chi connectivity index (χ0) is 21.1. The highest BCUT2D eigenvalue weighted by Crippen LogP contribution is 2.33. The minimum Gasteiger partial charge on any atom is -0.302 e. The number of fused-ring (bicyclic) bond motifs is 1. The number of nitrogens with zero attached hydrogens (tertiary/aromatic N) is 5. The quantitative estimate of drug-likeness (QED) is 0.440. The Kier molecular flexibility index (Phi) is 8.67. The molecular weight excluding hydrogens is 441 g/mol. The molecule has 1 amide bonds. The fraction of sp³-hybridized carbons (Fsp3) is 0.476. The molecule has 2 heterocycles. The van der Waals surface area contributed by atoms with Crippen LogP contribution in [0.25, 0.3) is 10.2 Å². The molecule has 0 aliphatic carbocycles. The Hall–Kier alpha value is -1.67. The molecule has 2 aromatic heterocycles. The second-order valence-corrected chi connectivity index (χ2v) is 8.69. The molecule has 0 spiro atoms. The van der Waals surface area contributed by atoms with Crippen molar-refractivity contribution < 1.29 is 4.79 Å². The Bertz CT molecular complexity index is 997. The molecule has 0 unspecified atom stereocenters. The third-order valence-electron chi connectivity index (χ3n) is 4.93. The van der Waals surface area contributed by atoms with Crippen LogP contribution < -0.4 is 4.90 Å². The lowest BCUT2D eigenvalue weighted by atomic mass is 10.3. The first-order valence-corrected chi connectivity index (χ1v) is 11.2. The van der Waals surface area contributed by atoms with Crippen LogP contribution in [0.2, 0.25) is 5.02 Å². The van der Waals surface area contributed by atoms with E-state index in [0.717, 1.165) is 35.5 Å². The lowest BCUT2D eigenvalue weighted by molar-refractivity contribution is 0.0971. The molecule has 6 nitrogen and oxygen atoms in total. The lowest BCUT2D eigenvalue weighted by Crippen LogP contribution is -2.39. The minimum atomic E-state index is -0.0818. The van der Waals surface area contributed by atoms with Crippen molar-refractivity contribution >= 4 is 56.6 Å². The first kappa shape index (κ1) is 24.6. The molecule has 30 heavy (non-hydrogen) atoms. The summed E-state index contributed by atoms with van der Waals surface area (Å²) in [4.78, 5) is 22.4. The van der Waals surface area contributed by atoms with Gasteiger partial charge < -0.3 is 4.90 Å². The average molecular weight is 470 g/mol. The molecule has 164 valence electrons. The van der Waals surface area contributed by atoms with Crippen LogP contribution in [0, 0.1) is 6.92 Å². The number of aryl methyl sites for hydroxylation is 1. The maximum Gasteiger partial charge on any atom is 0.278 e. The van der Waals surface area contributed by atoms with E-state index < -0.39 is 0 Å². The number of benzene rings is 1. The highest BCUT2D eigenvalue weighted by atomic mass is 35.5. The van der Waals surface area contributed by atoms with Gasteiger partial charge in [0.1, 0.15) is 11.2 Å². The number of amides is 1. The molecular formula is C21H29Cl2N5OS. The number of aromatic nitrogens is 3. The summed E-state index contributed by atoms with van der Waals surface area (Å²) in [6, 6.07) is 7.67. The van der Waals surface area contributed by atoms with Crippen molar-refractivity contribution in [3.05, 3.63) is 40.7 Å². The Morgan fingerprint density at radius 3 is 2.53 bits per heavy atom. The summed E-state index contributed by atoms with van der Waals surface area (Å²) < 4.78 is 2.77. The second-order valence-electron chi connectivity index (χ2n) is 7.28. The molecule has 1 aromatic carbocycles. The van der Waals surface area contributed by atoms with E-state index in [4.69, 9.17) is 16.6 Å². The van der Waals surface area contributed by atoms with E-state index in [1.54, 1.807) is 9.58 Å². The van der Waals surface area contributed by atoms with Crippen LogP contribution in [0.5, 0.6) is 0 Å². The highest BCUT2D eigenvalue weighted by Gasteiger charge is 2.26. The number of hydrogen-bond donors (Lipinski definition) is 0. The van der Waals surface area contributed by atoms with Gasteiger partial charge in [-0.1, -0.05) is 42.9 Å². The number of halogens is 2. The monoisotopic (exact) mass is 469 g/mol. The van der Waals surface area contributed by atoms with Gasteiger partial charge in [0.25, 0.3) is 5.91 Å². The van der Waals surface area contributed by atoms with Crippen molar-refractivity contribution in [3.8, 4) is 0 Å². The molecule has 0 fully saturated rings. The topological polar surface area (TPSA) is 54.3 Å². The Balaban J connectivity index is 0.00000320. The Morgan fingerprint density at radius 2 is 1.93 bits per heavy atom. The van der Waals surface area contributed by atoms with Crippen molar-refractivity contribution in [1.29, 1.82) is 0 Å². The van der Waals surface area contributed by atoms with Gasteiger partial charge in [0, 0.05) is 19.1 Å². The Labute approximate surface area is 193 Å². The molecule has 0 saturated heterocycles. The summed E-state index contributed by atoms with van der Waals surface area (Å²) in [5.41, 5.74) is 2.16. The third kappa shape index (κ3) is 5.14. The molecule has 0 aliphatic heterocycles. The number of rotatable bonds is 8. The Morgan fingerprint density at radius 1 is 1.23 bits per heavy atom. The summed E-state index contributed by atoms with van der Waals surface area (Å²) in [6.07, 6.45) is 0. The normalized spacial score (nSPS) is 11.3. The van der Waals surface area contributed by atoms with Gasteiger partial charge in [0.15, 0.2) is 5.13 Å². The molecule has 0 atom stereocenters. The fourth-order valence-electron chi connectivity index (χ4n) is 3.29. The zero-order valence-corrected chi connectivity index (χ0v) is 20.4. The van der Waals surface area contributed by atoms with Crippen LogP contribution in [0.3, 0.4) is 0 Å². The van der Waals surface area contributed by atoms with Gasteiger partial charge in [-0.2, -0.15) is 5.10 Å². The average Bonchev–Trinajstić information content (AvgIpc) is 3.29. The van der Waals surface area contributed by atoms with Crippen molar-refractivity contribution in [2.24, 2.45) is 0 Å². The van der Waals surface area contributed by atoms with E-state index in [2.05, 4.69) is 23.8 Å². The van der Waals surface area contributed by atoms with Crippen molar-refractivity contribution in [2.45, 2.75) is 40.7 Å². The summed E-state index contributed by atoms with van der Waals surface area (Å²) in [5.74, 6) is -0.0818. The van der Waals surface area contributed by atoms with Crippen molar-refractivity contribution in [1.82, 2.24) is 19.7 Å². The van der Waals surface area contributed by atoms with E-state index in [-0.39, 0.29) is 24.4 Å². The van der Waals surface area contributed by atoms with Gasteiger partial charge in [-0.25, -0.2) is 4.98 Å². The maximum absolute atomic E-state index is 13.6. The number of likely N-dealkylation sites (N-methyl/N-ethyl adjacent to an activating group) is 1. The van der Waals surface area contributed by atoms with Gasteiger partial charge in [0.2, 0.25) is 0 Å². The summed E-state index contributed by atoms with van der Waals surface area (Å²) in [7, 11) is 0. The fourth-order valence-corrected chi connectivity index (χ4v) is 4.58. The second kappa shape index (κ2) is 10.6. The molecule has 3 aromatic rings. The predicted molar refractivity (Wildman–Crippen MR) is 129 cm³/mol. The largest absolute Gasteiger partial charge is 0.302 e.